The van der Waals surface area contributed by atoms with Crippen LogP contribution in [0.15, 0.2) is 70.5 Å². The van der Waals surface area contributed by atoms with Crippen LogP contribution in [0.4, 0.5) is 5.69 Å². The molecule has 1 aliphatic heterocycles. The molecule has 3 aromatic rings. The molecule has 0 fully saturated rings. The highest BCUT2D eigenvalue weighted by Gasteiger charge is 2.41. The Kier molecular flexibility index (Phi) is 3.09. The molecule has 0 saturated carbocycles. The molecule has 3 aromatic carbocycles. The van der Waals surface area contributed by atoms with Crippen LogP contribution in [0.25, 0.3) is 10.8 Å². The van der Waals surface area contributed by atoms with Gasteiger partial charge in [0.2, 0.25) is 0 Å². The molecule has 8 heteroatoms. The smallest absolute Gasteiger partial charge is 0.343 e. The molecule has 1 heterocycles. The molecule has 0 unspecified atom stereocenters. The number of benzene rings is 3. The third-order valence-corrected chi connectivity index (χ3v) is 6.36. The molecular weight excluding hydrogens is 350 g/mol. The van der Waals surface area contributed by atoms with E-state index in [-0.39, 0.29) is 15.5 Å². The van der Waals surface area contributed by atoms with Gasteiger partial charge in [0.1, 0.15) is 4.90 Å². The van der Waals surface area contributed by atoms with Gasteiger partial charge >= 0.3 is 10.1 Å². The van der Waals surface area contributed by atoms with Gasteiger partial charge in [0.25, 0.3) is 10.0 Å². The Morgan fingerprint density at radius 1 is 0.917 bits per heavy atom. The Morgan fingerprint density at radius 2 is 1.58 bits per heavy atom. The van der Waals surface area contributed by atoms with Crippen molar-refractivity contribution in [3.63, 3.8) is 0 Å². The predicted octanol–water partition coefficient (Wildman–Crippen LogP) is 2.72. The molecule has 0 aromatic heterocycles. The highest BCUT2D eigenvalue weighted by Crippen LogP contribution is 2.46. The summed E-state index contributed by atoms with van der Waals surface area (Å²) in [6.45, 7) is 0. The van der Waals surface area contributed by atoms with Crippen LogP contribution in [-0.4, -0.2) is 16.8 Å². The Hall–Kier alpha value is -2.58. The zero-order valence-electron chi connectivity index (χ0n) is 12.1. The molecule has 0 spiro atoms. The molecule has 6 nitrogen and oxygen atoms in total. The lowest BCUT2D eigenvalue weighted by molar-refractivity contribution is 0.435. The summed E-state index contributed by atoms with van der Waals surface area (Å²) in [6, 6.07) is 16.4. The van der Waals surface area contributed by atoms with Crippen LogP contribution in [0, 0.1) is 0 Å². The Balaban J connectivity index is 1.94. The van der Waals surface area contributed by atoms with Gasteiger partial charge in [-0.1, -0.05) is 42.5 Å². The fraction of sp³-hybridized carbons (Fsp3) is 0. The maximum Gasteiger partial charge on any atom is 0.343 e. The van der Waals surface area contributed by atoms with E-state index in [0.29, 0.717) is 16.5 Å². The zero-order chi connectivity index (χ0) is 16.9. The second-order valence-electron chi connectivity index (χ2n) is 5.26. The van der Waals surface area contributed by atoms with Crippen molar-refractivity contribution in [1.29, 1.82) is 0 Å². The summed E-state index contributed by atoms with van der Waals surface area (Å²) in [5, 5.41) is 0.953. The minimum Gasteiger partial charge on any atom is -0.376 e. The first kappa shape index (κ1) is 15.0. The number of para-hydroxylation sites is 1. The fourth-order valence-electron chi connectivity index (χ4n) is 2.63. The predicted molar refractivity (Wildman–Crippen MR) is 89.0 cm³/mol. The van der Waals surface area contributed by atoms with E-state index in [4.69, 9.17) is 4.18 Å². The molecule has 24 heavy (non-hydrogen) atoms. The Bertz CT molecular complexity index is 1170. The van der Waals surface area contributed by atoms with Crippen molar-refractivity contribution in [2.24, 2.45) is 0 Å². The summed E-state index contributed by atoms with van der Waals surface area (Å²) < 4.78 is 56.4. The molecule has 0 atom stereocenters. The lowest BCUT2D eigenvalue weighted by atomic mass is 10.1. The number of hydrogen-bond acceptors (Lipinski definition) is 5. The number of nitrogens with one attached hydrogen (secondary N) is 1. The van der Waals surface area contributed by atoms with E-state index in [2.05, 4.69) is 4.72 Å². The molecule has 0 radical (unpaired) electrons. The minimum absolute atomic E-state index is 0.0889. The summed E-state index contributed by atoms with van der Waals surface area (Å²) in [5.41, 5.74) is 0.376. The Morgan fingerprint density at radius 3 is 2.29 bits per heavy atom. The number of fused-ring (bicyclic) bond motifs is 3. The average molecular weight is 361 g/mol. The summed E-state index contributed by atoms with van der Waals surface area (Å²) in [4.78, 5) is -0.288. The lowest BCUT2D eigenvalue weighted by Crippen LogP contribution is -2.26. The van der Waals surface area contributed by atoms with Crippen molar-refractivity contribution in [1.82, 2.24) is 0 Å². The van der Waals surface area contributed by atoms with Gasteiger partial charge in [-0.3, -0.25) is 4.72 Å². The number of anilines is 1. The van der Waals surface area contributed by atoms with Gasteiger partial charge in [0.05, 0.1) is 0 Å². The first-order valence-corrected chi connectivity index (χ1v) is 9.86. The molecule has 0 bridgehead atoms. The zero-order valence-corrected chi connectivity index (χ0v) is 13.8. The summed E-state index contributed by atoms with van der Waals surface area (Å²) >= 11 is 0. The largest absolute Gasteiger partial charge is 0.376 e. The molecule has 4 rings (SSSR count). The van der Waals surface area contributed by atoms with Gasteiger partial charge in [0, 0.05) is 11.1 Å². The maximum atomic E-state index is 12.7. The summed E-state index contributed by atoms with van der Waals surface area (Å²) in [6.07, 6.45) is 0. The van der Waals surface area contributed by atoms with Gasteiger partial charge in [0.15, 0.2) is 10.6 Å². The highest BCUT2D eigenvalue weighted by atomic mass is 32.2. The summed E-state index contributed by atoms with van der Waals surface area (Å²) in [7, 11) is -7.91. The van der Waals surface area contributed by atoms with Gasteiger partial charge in [-0.2, -0.15) is 8.42 Å². The SMILES string of the molecule is O=S(=O)(Nc1ccccc1)c1cc2ccccc2c2c1OS2(=O)=O. The third-order valence-electron chi connectivity index (χ3n) is 3.68. The highest BCUT2D eigenvalue weighted by molar-refractivity contribution is 7.93. The van der Waals surface area contributed by atoms with Gasteiger partial charge in [-0.05, 0) is 23.6 Å². The van der Waals surface area contributed by atoms with Crippen molar-refractivity contribution >= 4 is 36.6 Å². The fourth-order valence-corrected chi connectivity index (χ4v) is 5.17. The number of sulfonamides is 1. The quantitative estimate of drug-likeness (QED) is 0.725. The van der Waals surface area contributed by atoms with E-state index in [1.165, 1.54) is 6.07 Å². The average Bonchev–Trinajstić information content (AvgIpc) is 2.53. The van der Waals surface area contributed by atoms with Gasteiger partial charge < -0.3 is 4.18 Å². The van der Waals surface area contributed by atoms with E-state index in [0.717, 1.165) is 0 Å². The van der Waals surface area contributed by atoms with Crippen molar-refractivity contribution in [3.8, 4) is 5.75 Å². The topological polar surface area (TPSA) is 89.5 Å². The lowest BCUT2D eigenvalue weighted by Gasteiger charge is -2.24. The molecular formula is C16H11NO5S2. The van der Waals surface area contributed by atoms with Crippen LogP contribution in [0.2, 0.25) is 0 Å². The maximum absolute atomic E-state index is 12.7. The van der Waals surface area contributed by atoms with E-state index < -0.39 is 20.1 Å². The van der Waals surface area contributed by atoms with Gasteiger partial charge in [-0.25, -0.2) is 8.42 Å². The standard InChI is InChI=1S/C16H11NO5S2/c18-23(19,17-12-7-2-1-3-8-12)14-10-11-6-4-5-9-13(11)16-15(14)22-24(16,20)21/h1-10,17H. The summed E-state index contributed by atoms with van der Waals surface area (Å²) in [5.74, 6) is -0.142. The van der Waals surface area contributed by atoms with E-state index >= 15 is 0 Å². The minimum atomic E-state index is -4.00. The number of hydrogen-bond donors (Lipinski definition) is 1. The molecule has 0 amide bonds. The molecule has 122 valence electrons. The third kappa shape index (κ3) is 2.22. The first-order chi connectivity index (χ1) is 11.4. The van der Waals surface area contributed by atoms with Crippen molar-refractivity contribution in [2.75, 3.05) is 4.72 Å². The second-order valence-corrected chi connectivity index (χ2v) is 8.40. The molecule has 1 N–H and O–H groups in total. The van der Waals surface area contributed by atoms with E-state index in [1.807, 2.05) is 0 Å². The van der Waals surface area contributed by atoms with Gasteiger partial charge in [-0.15, -0.1) is 0 Å². The molecule has 1 aliphatic rings. The van der Waals surface area contributed by atoms with Crippen LogP contribution < -0.4 is 8.91 Å². The van der Waals surface area contributed by atoms with Crippen LogP contribution >= 0.6 is 0 Å². The molecule has 0 aliphatic carbocycles. The monoisotopic (exact) mass is 361 g/mol. The normalized spacial score (nSPS) is 15.2. The van der Waals surface area contributed by atoms with E-state index in [1.54, 1.807) is 54.6 Å². The number of rotatable bonds is 3. The van der Waals surface area contributed by atoms with E-state index in [9.17, 15) is 16.8 Å². The van der Waals surface area contributed by atoms with Crippen molar-refractivity contribution in [2.45, 2.75) is 9.79 Å². The van der Waals surface area contributed by atoms with Crippen LogP contribution in [0.3, 0.4) is 0 Å². The van der Waals surface area contributed by atoms with Crippen molar-refractivity contribution < 1.29 is 21.0 Å². The second kappa shape index (κ2) is 4.96. The Labute approximate surface area is 138 Å². The molecule has 0 saturated heterocycles. The first-order valence-electron chi connectivity index (χ1n) is 6.97. The van der Waals surface area contributed by atoms with Crippen molar-refractivity contribution in [3.05, 3.63) is 60.7 Å². The van der Waals surface area contributed by atoms with Crippen LogP contribution in [0.5, 0.6) is 5.75 Å². The van der Waals surface area contributed by atoms with Crippen LogP contribution in [-0.2, 0) is 20.1 Å². The van der Waals surface area contributed by atoms with Crippen LogP contribution in [0.1, 0.15) is 0 Å².